The number of aryl methyl sites for hydroxylation is 3. The van der Waals surface area contributed by atoms with Crippen molar-refractivity contribution in [1.29, 1.82) is 0 Å². The summed E-state index contributed by atoms with van der Waals surface area (Å²) >= 11 is 0. The van der Waals surface area contributed by atoms with Gasteiger partial charge in [-0.05, 0) is 68.3 Å². The second-order valence-electron chi connectivity index (χ2n) is 6.69. The fourth-order valence-electron chi connectivity index (χ4n) is 2.92. The average molecular weight is 372 g/mol. The van der Waals surface area contributed by atoms with Gasteiger partial charge in [0.05, 0.1) is 5.69 Å². The molecule has 0 saturated carbocycles. The number of fused-ring (bicyclic) bond motifs is 1. The molecule has 0 spiro atoms. The minimum atomic E-state index is -0.293. The van der Waals surface area contributed by atoms with E-state index in [1.54, 1.807) is 4.52 Å². The van der Waals surface area contributed by atoms with Crippen molar-refractivity contribution in [2.75, 3.05) is 10.6 Å². The first-order valence-corrected chi connectivity index (χ1v) is 8.94. The molecule has 0 aliphatic heterocycles. The molecule has 28 heavy (non-hydrogen) atoms. The van der Waals surface area contributed by atoms with Crippen molar-refractivity contribution in [2.24, 2.45) is 0 Å². The van der Waals surface area contributed by atoms with Gasteiger partial charge in [0, 0.05) is 16.9 Å². The number of hydrogen-bond acceptors (Lipinski definition) is 4. The molecule has 7 heteroatoms. The number of amides is 2. The average Bonchev–Trinajstić information content (AvgIpc) is 3.05. The van der Waals surface area contributed by atoms with Crippen LogP contribution in [0.15, 0.2) is 54.6 Å². The minimum Gasteiger partial charge on any atom is -0.308 e. The zero-order valence-electron chi connectivity index (χ0n) is 15.9. The summed E-state index contributed by atoms with van der Waals surface area (Å²) in [7, 11) is 0. The molecule has 2 aromatic carbocycles. The first-order valence-electron chi connectivity index (χ1n) is 8.94. The maximum absolute atomic E-state index is 12.4. The van der Waals surface area contributed by atoms with Gasteiger partial charge in [0.1, 0.15) is 0 Å². The lowest BCUT2D eigenvalue weighted by Gasteiger charge is -2.10. The Balaban J connectivity index is 1.53. The van der Waals surface area contributed by atoms with Crippen molar-refractivity contribution < 1.29 is 4.79 Å². The number of nitrogens with zero attached hydrogens (tertiary/aromatic N) is 4. The van der Waals surface area contributed by atoms with Crippen LogP contribution in [-0.2, 0) is 0 Å². The van der Waals surface area contributed by atoms with Crippen LogP contribution in [0.5, 0.6) is 0 Å². The second-order valence-corrected chi connectivity index (χ2v) is 6.69. The lowest BCUT2D eigenvalue weighted by atomic mass is 10.1. The van der Waals surface area contributed by atoms with E-state index in [0.717, 1.165) is 28.3 Å². The highest BCUT2D eigenvalue weighted by molar-refractivity contribution is 6.00. The predicted octanol–water partition coefficient (Wildman–Crippen LogP) is 4.36. The van der Waals surface area contributed by atoms with Crippen molar-refractivity contribution in [1.82, 2.24) is 19.8 Å². The van der Waals surface area contributed by atoms with Gasteiger partial charge < -0.3 is 10.6 Å². The maximum atomic E-state index is 12.4. The first kappa shape index (κ1) is 17.7. The van der Waals surface area contributed by atoms with Crippen LogP contribution in [0, 0.1) is 20.8 Å². The van der Waals surface area contributed by atoms with Crippen LogP contribution in [0.2, 0.25) is 0 Å². The highest BCUT2D eigenvalue weighted by Crippen LogP contribution is 2.22. The van der Waals surface area contributed by atoms with Crippen LogP contribution in [0.3, 0.4) is 0 Å². The fraction of sp³-hybridized carbons (Fsp3) is 0.143. The standard InChI is InChI=1S/C21H20N6O/c1-13-7-8-18(11-14(13)2)23-21(28)22-17-6-4-5-16(12-17)19-9-10-20-25-24-15(3)27(20)26-19/h4-12H,1-3H3,(H2,22,23,28). The Bertz CT molecular complexity index is 1180. The van der Waals surface area contributed by atoms with E-state index in [9.17, 15) is 4.79 Å². The summed E-state index contributed by atoms with van der Waals surface area (Å²) < 4.78 is 1.70. The van der Waals surface area contributed by atoms with Gasteiger partial charge in [-0.15, -0.1) is 10.2 Å². The molecule has 4 aromatic rings. The lowest BCUT2D eigenvalue weighted by Crippen LogP contribution is -2.19. The van der Waals surface area contributed by atoms with Gasteiger partial charge in [0.15, 0.2) is 11.5 Å². The molecule has 4 rings (SSSR count). The molecule has 0 saturated heterocycles. The molecule has 2 amide bonds. The van der Waals surface area contributed by atoms with E-state index < -0.39 is 0 Å². The van der Waals surface area contributed by atoms with Crippen LogP contribution < -0.4 is 10.6 Å². The Morgan fingerprint density at radius 1 is 0.857 bits per heavy atom. The molecule has 2 heterocycles. The minimum absolute atomic E-state index is 0.293. The summed E-state index contributed by atoms with van der Waals surface area (Å²) in [5.41, 5.74) is 6.11. The summed E-state index contributed by atoms with van der Waals surface area (Å²) in [6.45, 7) is 5.91. The van der Waals surface area contributed by atoms with E-state index in [2.05, 4.69) is 25.9 Å². The van der Waals surface area contributed by atoms with Crippen molar-refractivity contribution >= 4 is 23.1 Å². The second kappa shape index (κ2) is 7.11. The molecule has 0 bridgehead atoms. The van der Waals surface area contributed by atoms with Crippen molar-refractivity contribution in [3.63, 3.8) is 0 Å². The van der Waals surface area contributed by atoms with Gasteiger partial charge in [-0.1, -0.05) is 18.2 Å². The molecule has 0 atom stereocenters. The maximum Gasteiger partial charge on any atom is 0.323 e. The Morgan fingerprint density at radius 2 is 1.64 bits per heavy atom. The summed E-state index contributed by atoms with van der Waals surface area (Å²) in [5, 5.41) is 18.4. The number of anilines is 2. The van der Waals surface area contributed by atoms with Crippen LogP contribution in [0.25, 0.3) is 16.9 Å². The highest BCUT2D eigenvalue weighted by Gasteiger charge is 2.08. The molecular formula is C21H20N6O. The highest BCUT2D eigenvalue weighted by atomic mass is 16.2. The van der Waals surface area contributed by atoms with E-state index in [0.29, 0.717) is 11.3 Å². The smallest absolute Gasteiger partial charge is 0.308 e. The first-order chi connectivity index (χ1) is 13.5. The number of rotatable bonds is 3. The molecule has 0 aliphatic carbocycles. The normalized spacial score (nSPS) is 10.8. The van der Waals surface area contributed by atoms with E-state index in [1.807, 2.05) is 75.4 Å². The van der Waals surface area contributed by atoms with Crippen molar-refractivity contribution in [3.05, 3.63) is 71.5 Å². The molecular weight excluding hydrogens is 352 g/mol. The van der Waals surface area contributed by atoms with Gasteiger partial charge in [0.25, 0.3) is 0 Å². The zero-order chi connectivity index (χ0) is 19.7. The number of urea groups is 1. The van der Waals surface area contributed by atoms with Crippen LogP contribution in [0.1, 0.15) is 17.0 Å². The summed E-state index contributed by atoms with van der Waals surface area (Å²) in [6.07, 6.45) is 0. The molecule has 0 fully saturated rings. The molecule has 0 radical (unpaired) electrons. The molecule has 140 valence electrons. The third-order valence-electron chi connectivity index (χ3n) is 4.60. The quantitative estimate of drug-likeness (QED) is 0.560. The van der Waals surface area contributed by atoms with E-state index >= 15 is 0 Å². The molecule has 7 nitrogen and oxygen atoms in total. The molecule has 2 N–H and O–H groups in total. The van der Waals surface area contributed by atoms with E-state index in [4.69, 9.17) is 0 Å². The van der Waals surface area contributed by atoms with Crippen molar-refractivity contribution in [2.45, 2.75) is 20.8 Å². The number of benzene rings is 2. The number of aromatic nitrogens is 4. The SMILES string of the molecule is Cc1ccc(NC(=O)Nc2cccc(-c3ccc4nnc(C)n4n3)c2)cc1C. The number of nitrogens with one attached hydrogen (secondary N) is 2. The molecule has 0 unspecified atom stereocenters. The van der Waals surface area contributed by atoms with Gasteiger partial charge in [0.2, 0.25) is 0 Å². The summed E-state index contributed by atoms with van der Waals surface area (Å²) in [6, 6.07) is 16.8. The fourth-order valence-corrected chi connectivity index (χ4v) is 2.92. The number of carbonyl (C=O) groups excluding carboxylic acids is 1. The monoisotopic (exact) mass is 372 g/mol. The lowest BCUT2D eigenvalue weighted by molar-refractivity contribution is 0.262. The number of carbonyl (C=O) groups is 1. The van der Waals surface area contributed by atoms with E-state index in [1.165, 1.54) is 5.56 Å². The Hall–Kier alpha value is -3.74. The summed E-state index contributed by atoms with van der Waals surface area (Å²) in [4.78, 5) is 12.4. The predicted molar refractivity (Wildman–Crippen MR) is 110 cm³/mol. The van der Waals surface area contributed by atoms with Gasteiger partial charge in [-0.2, -0.15) is 9.61 Å². The van der Waals surface area contributed by atoms with Crippen LogP contribution in [0.4, 0.5) is 16.2 Å². The van der Waals surface area contributed by atoms with Gasteiger partial charge >= 0.3 is 6.03 Å². The Kier molecular flexibility index (Phi) is 4.49. The van der Waals surface area contributed by atoms with Gasteiger partial charge in [-0.3, -0.25) is 0 Å². The van der Waals surface area contributed by atoms with Crippen molar-refractivity contribution in [3.8, 4) is 11.3 Å². The van der Waals surface area contributed by atoms with Crippen LogP contribution in [-0.4, -0.2) is 25.8 Å². The Labute approximate surface area is 162 Å². The van der Waals surface area contributed by atoms with Crippen LogP contribution >= 0.6 is 0 Å². The zero-order valence-corrected chi connectivity index (χ0v) is 15.9. The van der Waals surface area contributed by atoms with Gasteiger partial charge in [-0.25, -0.2) is 4.79 Å². The third kappa shape index (κ3) is 3.55. The van der Waals surface area contributed by atoms with E-state index in [-0.39, 0.29) is 6.03 Å². The Morgan fingerprint density at radius 3 is 2.43 bits per heavy atom. The summed E-state index contributed by atoms with van der Waals surface area (Å²) in [5.74, 6) is 0.721. The largest absolute Gasteiger partial charge is 0.323 e. The third-order valence-corrected chi connectivity index (χ3v) is 4.60. The number of hydrogen-bond donors (Lipinski definition) is 2. The molecule has 0 aliphatic rings. The molecule has 2 aromatic heterocycles. The topological polar surface area (TPSA) is 84.2 Å².